The molecule has 0 radical (unpaired) electrons. The van der Waals surface area contributed by atoms with Gasteiger partial charge in [0.2, 0.25) is 0 Å². The third-order valence-electron chi connectivity index (χ3n) is 9.08. The fourth-order valence-corrected chi connectivity index (χ4v) is 42.6. The van der Waals surface area contributed by atoms with Crippen LogP contribution in [0.25, 0.3) is 0 Å². The van der Waals surface area contributed by atoms with Crippen LogP contribution in [-0.2, 0) is 65.1 Å². The number of hydrogen-bond acceptors (Lipinski definition) is 15. The van der Waals surface area contributed by atoms with Crippen molar-refractivity contribution in [3.05, 3.63) is 0 Å². The van der Waals surface area contributed by atoms with E-state index in [-0.39, 0.29) is 0 Å². The van der Waals surface area contributed by atoms with Crippen molar-refractivity contribution >= 4 is 69.2 Å². The van der Waals surface area contributed by atoms with Gasteiger partial charge in [-0.1, -0.05) is 0 Å². The maximum Gasteiger partial charge on any atom is 0.500 e. The number of rotatable bonds is 23. The van der Waals surface area contributed by atoms with E-state index in [0.717, 1.165) is 0 Å². The first kappa shape index (κ1) is 46.2. The standard InChI is InChI=1S/C24H64O15Si8/c1-25-40(12,26-2)17-18-41(13)36-42(14,19-22-45(27-3,28-4)29-5)38-44(16,21-24-47(33-9,34-10)35-11)39-43(15,37-41)20-23-46(30-6,31-7)32-8/h17-24H2,1-16H3. The normalized spacial score (nSPS) is 28.3. The Bertz CT molecular complexity index is 847. The minimum atomic E-state index is -3.10. The SMILES string of the molecule is CO[Si](C)(CC[Si]1(C)O[Si](C)(CC[Si](OC)(OC)OC)O[Si](C)(CC[Si](OC)(OC)OC)O[Si](C)(CC[Si](OC)(OC)OC)O1)OC. The molecule has 2 unspecified atom stereocenters. The average Bonchev–Trinajstić information content (AvgIpc) is 3.05. The highest BCUT2D eigenvalue weighted by molar-refractivity contribution is 6.95. The number of hydrogen-bond donors (Lipinski definition) is 0. The molecule has 0 aromatic rings. The quantitative estimate of drug-likeness (QED) is 0.135. The van der Waals surface area contributed by atoms with Gasteiger partial charge in [0.1, 0.15) is 0 Å². The van der Waals surface area contributed by atoms with Crippen LogP contribution in [0.5, 0.6) is 0 Å². The lowest BCUT2D eigenvalue weighted by Crippen LogP contribution is -2.68. The van der Waals surface area contributed by atoms with Crippen LogP contribution in [0.3, 0.4) is 0 Å². The summed E-state index contributed by atoms with van der Waals surface area (Å²) >= 11 is 0. The van der Waals surface area contributed by atoms with E-state index in [1.807, 2.05) is 6.55 Å². The van der Waals surface area contributed by atoms with Crippen LogP contribution in [0.2, 0.25) is 81.1 Å². The van der Waals surface area contributed by atoms with E-state index in [4.69, 9.17) is 65.1 Å². The second kappa shape index (κ2) is 19.3. The maximum absolute atomic E-state index is 7.32. The van der Waals surface area contributed by atoms with E-state index < -0.39 is 69.2 Å². The van der Waals surface area contributed by atoms with Crippen LogP contribution < -0.4 is 0 Å². The molecule has 23 heteroatoms. The van der Waals surface area contributed by atoms with Crippen molar-refractivity contribution in [2.24, 2.45) is 0 Å². The van der Waals surface area contributed by atoms with E-state index >= 15 is 0 Å². The zero-order valence-electron chi connectivity index (χ0n) is 31.8. The van der Waals surface area contributed by atoms with E-state index in [2.05, 4.69) is 26.2 Å². The molecule has 0 N–H and O–H groups in total. The molecule has 282 valence electrons. The minimum Gasteiger partial charge on any atom is -0.416 e. The van der Waals surface area contributed by atoms with Crippen molar-refractivity contribution in [2.45, 2.75) is 81.1 Å². The summed E-state index contributed by atoms with van der Waals surface area (Å²) in [6.07, 6.45) is 0. The summed E-state index contributed by atoms with van der Waals surface area (Å²) in [4.78, 5) is 0. The summed E-state index contributed by atoms with van der Waals surface area (Å²) in [5.74, 6) is 0. The van der Waals surface area contributed by atoms with E-state index in [0.29, 0.717) is 48.4 Å². The first-order valence-electron chi connectivity index (χ1n) is 15.7. The van der Waals surface area contributed by atoms with Gasteiger partial charge in [0, 0.05) is 96.3 Å². The molecule has 0 bridgehead atoms. The Kier molecular flexibility index (Phi) is 18.9. The summed E-state index contributed by atoms with van der Waals surface area (Å²) in [6, 6.07) is 4.43. The molecular weight excluding hydrogens is 753 g/mol. The molecular formula is C24H64O15Si8. The lowest BCUT2D eigenvalue weighted by atomic mass is 10.9. The summed E-state index contributed by atoms with van der Waals surface area (Å²) in [6.45, 7) is 10.4. The molecule has 1 aliphatic rings. The molecule has 1 heterocycles. The van der Waals surface area contributed by atoms with Crippen molar-refractivity contribution in [1.82, 2.24) is 0 Å². The Balaban J connectivity index is 3.77. The molecule has 15 nitrogen and oxygen atoms in total. The molecule has 1 saturated heterocycles. The van der Waals surface area contributed by atoms with Crippen molar-refractivity contribution in [2.75, 3.05) is 78.2 Å². The fraction of sp³-hybridized carbons (Fsp3) is 1.00. The van der Waals surface area contributed by atoms with Crippen LogP contribution >= 0.6 is 0 Å². The first-order valence-corrected chi connectivity index (χ1v) is 34.1. The van der Waals surface area contributed by atoms with Crippen LogP contribution in [0.15, 0.2) is 0 Å². The van der Waals surface area contributed by atoms with Crippen molar-refractivity contribution in [1.29, 1.82) is 0 Å². The van der Waals surface area contributed by atoms with Crippen LogP contribution in [-0.4, -0.2) is 147 Å². The highest BCUT2D eigenvalue weighted by atomic mass is 28.5. The molecule has 1 aliphatic heterocycles. The topological polar surface area (TPSA) is 138 Å². The lowest BCUT2D eigenvalue weighted by Gasteiger charge is -2.51. The van der Waals surface area contributed by atoms with Gasteiger partial charge in [-0.05, 0) is 63.0 Å². The average molecular weight is 817 g/mol. The minimum absolute atomic E-state index is 0.494. The molecule has 2 atom stereocenters. The molecule has 0 amide bonds. The molecule has 0 aliphatic carbocycles. The van der Waals surface area contributed by atoms with Crippen molar-refractivity contribution in [3.8, 4) is 0 Å². The molecule has 0 aromatic heterocycles. The van der Waals surface area contributed by atoms with Gasteiger partial charge in [0.15, 0.2) is 0 Å². The van der Waals surface area contributed by atoms with Gasteiger partial charge in [0.05, 0.1) is 0 Å². The smallest absolute Gasteiger partial charge is 0.416 e. The molecule has 0 saturated carbocycles. The summed E-state index contributed by atoms with van der Waals surface area (Å²) < 4.78 is 93.1. The van der Waals surface area contributed by atoms with Gasteiger partial charge in [-0.2, -0.15) is 0 Å². The largest absolute Gasteiger partial charge is 0.500 e. The Morgan fingerprint density at radius 3 is 0.702 bits per heavy atom. The molecule has 1 fully saturated rings. The molecule has 0 spiro atoms. The monoisotopic (exact) mass is 816 g/mol. The van der Waals surface area contributed by atoms with E-state index in [1.165, 1.54) is 0 Å². The second-order valence-corrected chi connectivity index (χ2v) is 39.6. The summed E-state index contributed by atoms with van der Waals surface area (Å²) in [7, 11) is -5.80. The van der Waals surface area contributed by atoms with Crippen LogP contribution in [0, 0.1) is 0 Å². The van der Waals surface area contributed by atoms with Gasteiger partial charge in [-0.25, -0.2) is 0 Å². The third kappa shape index (κ3) is 12.9. The Labute approximate surface area is 292 Å². The molecule has 1 rings (SSSR count). The van der Waals surface area contributed by atoms with Gasteiger partial charge in [-0.15, -0.1) is 0 Å². The zero-order valence-corrected chi connectivity index (χ0v) is 39.8. The highest BCUT2D eigenvalue weighted by Crippen LogP contribution is 2.41. The lowest BCUT2D eigenvalue weighted by molar-refractivity contribution is 0.122. The van der Waals surface area contributed by atoms with Crippen molar-refractivity contribution < 1.29 is 65.1 Å². The maximum atomic E-state index is 7.32. The van der Waals surface area contributed by atoms with E-state index in [9.17, 15) is 0 Å². The fourth-order valence-electron chi connectivity index (χ4n) is 5.87. The van der Waals surface area contributed by atoms with E-state index in [1.54, 1.807) is 78.2 Å². The van der Waals surface area contributed by atoms with Gasteiger partial charge in [-0.3, -0.25) is 0 Å². The Morgan fingerprint density at radius 2 is 0.532 bits per heavy atom. The Hall–Kier alpha value is 1.14. The zero-order chi connectivity index (χ0) is 36.3. The summed E-state index contributed by atoms with van der Waals surface area (Å²) in [5.41, 5.74) is 0. The highest BCUT2D eigenvalue weighted by Gasteiger charge is 2.59. The van der Waals surface area contributed by atoms with Gasteiger partial charge in [0.25, 0.3) is 0 Å². The van der Waals surface area contributed by atoms with Crippen LogP contribution in [0.4, 0.5) is 0 Å². The molecule has 0 aromatic carbocycles. The first-order chi connectivity index (χ1) is 21.8. The predicted octanol–water partition coefficient (Wildman–Crippen LogP) is 4.35. The predicted molar refractivity (Wildman–Crippen MR) is 195 cm³/mol. The van der Waals surface area contributed by atoms with Gasteiger partial charge < -0.3 is 65.1 Å². The Morgan fingerprint density at radius 1 is 0.340 bits per heavy atom. The van der Waals surface area contributed by atoms with Crippen LogP contribution in [0.1, 0.15) is 0 Å². The van der Waals surface area contributed by atoms with Gasteiger partial charge >= 0.3 is 69.2 Å². The molecule has 47 heavy (non-hydrogen) atoms. The third-order valence-corrected chi connectivity index (χ3v) is 40.6. The second-order valence-electron chi connectivity index (χ2n) is 12.4. The summed E-state index contributed by atoms with van der Waals surface area (Å²) in [5, 5.41) is 0. The van der Waals surface area contributed by atoms with Crippen molar-refractivity contribution in [3.63, 3.8) is 0 Å².